The monoisotopic (exact) mass is 382 g/mol. The van der Waals surface area contributed by atoms with Crippen LogP contribution in [-0.2, 0) is 22.5 Å². The van der Waals surface area contributed by atoms with E-state index in [0.29, 0.717) is 6.42 Å². The number of ether oxygens (including phenoxy) is 1. The fourth-order valence-electron chi connectivity index (χ4n) is 1.90. The van der Waals surface area contributed by atoms with E-state index in [1.165, 1.54) is 36.4 Å². The third-order valence-corrected chi connectivity index (χ3v) is 8.83. The Morgan fingerprint density at radius 2 is 1.36 bits per heavy atom. The van der Waals surface area contributed by atoms with Crippen LogP contribution in [0.1, 0.15) is 20.3 Å². The third-order valence-electron chi connectivity index (χ3n) is 3.67. The number of carbonyl (C=O) groups is 1. The van der Waals surface area contributed by atoms with Crippen molar-refractivity contribution in [2.75, 3.05) is 0 Å². The molecule has 25 heavy (non-hydrogen) atoms. The molecule has 0 bridgehead atoms. The van der Waals surface area contributed by atoms with Gasteiger partial charge in [0.2, 0.25) is 0 Å². The van der Waals surface area contributed by atoms with Crippen LogP contribution in [0.3, 0.4) is 0 Å². The highest BCUT2D eigenvalue weighted by atomic mass is 33.2. The Balaban J connectivity index is 2.31. The average Bonchev–Trinajstić information content (AvgIpc) is 2.62. The van der Waals surface area contributed by atoms with Crippen molar-refractivity contribution >= 4 is 23.7 Å². The fourth-order valence-corrected chi connectivity index (χ4v) is 5.55. The van der Waals surface area contributed by atoms with Gasteiger partial charge < -0.3 is 4.74 Å². The van der Waals surface area contributed by atoms with Gasteiger partial charge in [-0.05, 0) is 42.8 Å². The first-order valence-corrected chi connectivity index (χ1v) is 11.1. The predicted octanol–water partition coefficient (Wildman–Crippen LogP) is 2.80. The topological polar surface area (TPSA) is 94.6 Å². The van der Waals surface area contributed by atoms with Gasteiger partial charge in [-0.25, -0.2) is 16.8 Å². The molecular formula is C17H18O6S2. The normalized spacial score (nSPS) is 13.2. The summed E-state index contributed by atoms with van der Waals surface area (Å²) in [4.78, 5) is 11.0. The van der Waals surface area contributed by atoms with Crippen LogP contribution in [0.4, 0.5) is 0 Å². The zero-order valence-electron chi connectivity index (χ0n) is 13.7. The van der Waals surface area contributed by atoms with Crippen LogP contribution in [0.25, 0.3) is 0 Å². The summed E-state index contributed by atoms with van der Waals surface area (Å²) in [6.45, 7) is 3.56. The van der Waals surface area contributed by atoms with Gasteiger partial charge in [-0.2, -0.15) is 0 Å². The Morgan fingerprint density at radius 3 is 1.84 bits per heavy atom. The first-order chi connectivity index (χ1) is 11.7. The maximum atomic E-state index is 12.4. The first-order valence-electron chi connectivity index (χ1n) is 7.57. The minimum absolute atomic E-state index is 0.154. The second-order valence-electron chi connectivity index (χ2n) is 5.42. The molecular weight excluding hydrogens is 364 g/mol. The number of hydrogen-bond donors (Lipinski definition) is 0. The zero-order valence-corrected chi connectivity index (χ0v) is 15.4. The molecule has 134 valence electrons. The van der Waals surface area contributed by atoms with E-state index in [4.69, 9.17) is 4.74 Å². The van der Waals surface area contributed by atoms with Gasteiger partial charge in [-0.3, -0.25) is 4.79 Å². The predicted molar refractivity (Wildman–Crippen MR) is 92.3 cm³/mol. The molecule has 1 atom stereocenters. The molecule has 0 N–H and O–H groups in total. The Labute approximate surface area is 146 Å². The van der Waals surface area contributed by atoms with Gasteiger partial charge in [0, 0.05) is 0 Å². The molecule has 0 aromatic heterocycles. The highest BCUT2D eigenvalue weighted by molar-refractivity contribution is 8.67. The second kappa shape index (κ2) is 7.37. The molecule has 1 unspecified atom stereocenters. The van der Waals surface area contributed by atoms with E-state index >= 15 is 0 Å². The van der Waals surface area contributed by atoms with E-state index in [-0.39, 0.29) is 21.5 Å². The summed E-state index contributed by atoms with van der Waals surface area (Å²) in [5.74, 6) is -0.571. The Morgan fingerprint density at radius 1 is 0.880 bits per heavy atom. The number of carbonyl (C=O) groups excluding carboxylic acids is 1. The van der Waals surface area contributed by atoms with Crippen molar-refractivity contribution in [3.8, 4) is 5.75 Å². The van der Waals surface area contributed by atoms with Crippen LogP contribution in [0.2, 0.25) is 0 Å². The lowest BCUT2D eigenvalue weighted by Gasteiger charge is -2.10. The van der Waals surface area contributed by atoms with Gasteiger partial charge in [0.05, 0.1) is 15.7 Å². The fraction of sp³-hybridized carbons (Fsp3) is 0.235. The molecule has 0 amide bonds. The van der Waals surface area contributed by atoms with Crippen LogP contribution in [-0.4, -0.2) is 22.8 Å². The quantitative estimate of drug-likeness (QED) is 0.433. The average molecular weight is 382 g/mol. The number of rotatable bonds is 6. The summed E-state index contributed by atoms with van der Waals surface area (Å²) in [6, 6.07) is 11.6. The van der Waals surface area contributed by atoms with Crippen molar-refractivity contribution < 1.29 is 26.4 Å². The summed E-state index contributed by atoms with van der Waals surface area (Å²) >= 11 is 0. The molecule has 0 heterocycles. The van der Waals surface area contributed by atoms with E-state index in [9.17, 15) is 21.6 Å². The van der Waals surface area contributed by atoms with Crippen LogP contribution >= 0.6 is 0 Å². The molecule has 2 aromatic carbocycles. The lowest BCUT2D eigenvalue weighted by Crippen LogP contribution is -2.17. The zero-order chi connectivity index (χ0) is 18.7. The van der Waals surface area contributed by atoms with Gasteiger partial charge in [0.25, 0.3) is 17.7 Å². The molecule has 0 fully saturated rings. The molecule has 6 nitrogen and oxygen atoms in total. The Bertz CT molecular complexity index is 946. The second-order valence-corrected chi connectivity index (χ2v) is 10.8. The summed E-state index contributed by atoms with van der Waals surface area (Å²) in [5.41, 5.74) is 0. The van der Waals surface area contributed by atoms with Gasteiger partial charge in [-0.15, -0.1) is 0 Å². The molecule has 0 aliphatic carbocycles. The summed E-state index contributed by atoms with van der Waals surface area (Å²) in [7, 11) is -9.21. The number of esters is 1. The molecule has 2 aromatic rings. The van der Waals surface area contributed by atoms with Crippen LogP contribution in [0.15, 0.2) is 64.4 Å². The van der Waals surface area contributed by atoms with Gasteiger partial charge in [0.1, 0.15) is 5.75 Å². The van der Waals surface area contributed by atoms with Crippen LogP contribution in [0, 0.1) is 5.92 Å². The maximum Gasteiger partial charge on any atom is 0.314 e. The van der Waals surface area contributed by atoms with E-state index in [1.54, 1.807) is 13.0 Å². The smallest absolute Gasteiger partial charge is 0.314 e. The summed E-state index contributed by atoms with van der Waals surface area (Å²) in [6.07, 6.45) is 0.612. The van der Waals surface area contributed by atoms with Gasteiger partial charge >= 0.3 is 5.97 Å². The first kappa shape index (κ1) is 19.1. The molecule has 0 aliphatic rings. The Kier molecular flexibility index (Phi) is 5.64. The van der Waals surface area contributed by atoms with Crippen molar-refractivity contribution in [2.24, 2.45) is 5.92 Å². The SMILES string of the molecule is CCC(C)C(=O)Oc1ccc(S(=O)(=O)S(=O)(=O)c2ccccc2)cc1. The minimum Gasteiger partial charge on any atom is -0.426 e. The van der Waals surface area contributed by atoms with E-state index in [2.05, 4.69) is 0 Å². The molecule has 0 radical (unpaired) electrons. The molecule has 2 rings (SSSR count). The van der Waals surface area contributed by atoms with Gasteiger partial charge in [0.15, 0.2) is 0 Å². The maximum absolute atomic E-state index is 12.4. The molecule has 8 heteroatoms. The van der Waals surface area contributed by atoms with Crippen LogP contribution in [0.5, 0.6) is 5.75 Å². The van der Waals surface area contributed by atoms with Crippen molar-refractivity contribution in [1.82, 2.24) is 0 Å². The lowest BCUT2D eigenvalue weighted by atomic mass is 10.1. The van der Waals surface area contributed by atoms with Crippen molar-refractivity contribution in [3.63, 3.8) is 0 Å². The largest absolute Gasteiger partial charge is 0.426 e. The van der Waals surface area contributed by atoms with E-state index in [0.717, 1.165) is 12.1 Å². The number of hydrogen-bond acceptors (Lipinski definition) is 6. The molecule has 0 saturated carbocycles. The van der Waals surface area contributed by atoms with Crippen molar-refractivity contribution in [2.45, 2.75) is 30.1 Å². The standard InChI is InChI=1S/C17H18O6S2/c1-3-13(2)17(18)23-14-9-11-16(12-10-14)25(21,22)24(19,20)15-7-5-4-6-8-15/h4-13H,3H2,1-2H3. The summed E-state index contributed by atoms with van der Waals surface area (Å²) < 4.78 is 54.8. The third kappa shape index (κ3) is 3.91. The molecule has 0 saturated heterocycles. The van der Waals surface area contributed by atoms with Crippen molar-refractivity contribution in [3.05, 3.63) is 54.6 Å². The number of benzene rings is 2. The highest BCUT2D eigenvalue weighted by Crippen LogP contribution is 2.26. The molecule has 0 spiro atoms. The lowest BCUT2D eigenvalue weighted by molar-refractivity contribution is -0.138. The Hall–Kier alpha value is -2.19. The highest BCUT2D eigenvalue weighted by Gasteiger charge is 2.33. The van der Waals surface area contributed by atoms with Gasteiger partial charge in [-0.1, -0.05) is 32.0 Å². The minimum atomic E-state index is -4.63. The summed E-state index contributed by atoms with van der Waals surface area (Å²) in [5, 5.41) is 0. The van der Waals surface area contributed by atoms with E-state index in [1.807, 2.05) is 6.92 Å². The van der Waals surface area contributed by atoms with Crippen LogP contribution < -0.4 is 4.74 Å². The molecule has 0 aliphatic heterocycles. The van der Waals surface area contributed by atoms with E-state index < -0.39 is 23.7 Å². The van der Waals surface area contributed by atoms with Crippen molar-refractivity contribution in [1.29, 1.82) is 0 Å².